The highest BCUT2D eigenvalue weighted by Gasteiger charge is 2.33. The number of hydrogen-bond acceptors (Lipinski definition) is 3. The van der Waals surface area contributed by atoms with Crippen LogP contribution in [0.5, 0.6) is 5.75 Å². The average molecular weight is 327 g/mol. The van der Waals surface area contributed by atoms with Crippen LogP contribution in [0.15, 0.2) is 36.4 Å². The number of nitrogens with zero attached hydrogens (tertiary/aromatic N) is 1. The van der Waals surface area contributed by atoms with E-state index in [0.29, 0.717) is 19.4 Å². The normalized spacial score (nSPS) is 17.2. The van der Waals surface area contributed by atoms with Crippen molar-refractivity contribution in [1.29, 1.82) is 0 Å². The molecule has 5 heteroatoms. The van der Waals surface area contributed by atoms with E-state index in [4.69, 9.17) is 4.74 Å². The number of ether oxygens (including phenoxy) is 1. The van der Waals surface area contributed by atoms with Gasteiger partial charge in [0.1, 0.15) is 11.8 Å². The maximum absolute atomic E-state index is 12.5. The van der Waals surface area contributed by atoms with E-state index in [0.717, 1.165) is 28.5 Å². The van der Waals surface area contributed by atoms with E-state index in [1.165, 1.54) is 4.90 Å². The average Bonchev–Trinajstić information content (AvgIpc) is 3.09. The monoisotopic (exact) mass is 327 g/mol. The van der Waals surface area contributed by atoms with Crippen LogP contribution >= 0.6 is 0 Å². The Bertz CT molecular complexity index is 771. The Morgan fingerprint density at radius 2 is 2.04 bits per heavy atom. The number of aliphatic carboxylic acids is 1. The maximum atomic E-state index is 12.5. The highest BCUT2D eigenvalue weighted by Crippen LogP contribution is 2.29. The highest BCUT2D eigenvalue weighted by molar-refractivity contribution is 5.89. The molecule has 0 aliphatic carbocycles. The molecular formula is C19H21NO4. The van der Waals surface area contributed by atoms with E-state index < -0.39 is 12.0 Å². The lowest BCUT2D eigenvalue weighted by Crippen LogP contribution is -2.40. The number of rotatable bonds is 5. The Labute approximate surface area is 140 Å². The van der Waals surface area contributed by atoms with Gasteiger partial charge in [0.2, 0.25) is 5.91 Å². The van der Waals surface area contributed by atoms with Crippen molar-refractivity contribution in [3.8, 4) is 5.75 Å². The lowest BCUT2D eigenvalue weighted by molar-refractivity contribution is -0.148. The summed E-state index contributed by atoms with van der Waals surface area (Å²) < 4.78 is 5.45. The van der Waals surface area contributed by atoms with Crippen molar-refractivity contribution in [2.24, 2.45) is 0 Å². The standard InChI is InChI=1S/C19H21NO4/c1-24-17-10-8-13-5-2-3-6-14(13)15(17)9-11-18(21)20-12-4-7-16(20)19(22)23/h2-3,5-6,8,10,16H,4,7,9,11-12H2,1H3,(H,22,23). The molecule has 0 radical (unpaired) electrons. The molecule has 2 aromatic rings. The van der Waals surface area contributed by atoms with Gasteiger partial charge in [0.25, 0.3) is 0 Å². The molecule has 1 saturated heterocycles. The number of fused-ring (bicyclic) bond motifs is 1. The molecule has 1 aliphatic rings. The molecule has 1 amide bonds. The molecule has 1 atom stereocenters. The number of carbonyl (C=O) groups excluding carboxylic acids is 1. The van der Waals surface area contributed by atoms with Crippen LogP contribution in [0, 0.1) is 0 Å². The molecule has 5 nitrogen and oxygen atoms in total. The second-order valence-electron chi connectivity index (χ2n) is 6.05. The number of carboxylic acids is 1. The fraction of sp³-hybridized carbons (Fsp3) is 0.368. The molecule has 24 heavy (non-hydrogen) atoms. The Hall–Kier alpha value is -2.56. The number of methoxy groups -OCH3 is 1. The number of benzene rings is 2. The van der Waals surface area contributed by atoms with Crippen LogP contribution in [-0.4, -0.2) is 41.6 Å². The summed E-state index contributed by atoms with van der Waals surface area (Å²) in [7, 11) is 1.62. The van der Waals surface area contributed by atoms with Gasteiger partial charge >= 0.3 is 5.97 Å². The number of carboxylic acid groups (broad SMARTS) is 1. The summed E-state index contributed by atoms with van der Waals surface area (Å²) in [6, 6.07) is 11.2. The molecule has 1 unspecified atom stereocenters. The molecule has 1 heterocycles. The topological polar surface area (TPSA) is 66.8 Å². The number of likely N-dealkylation sites (tertiary alicyclic amines) is 1. The molecule has 2 aromatic carbocycles. The van der Waals surface area contributed by atoms with E-state index in [2.05, 4.69) is 0 Å². The zero-order valence-electron chi connectivity index (χ0n) is 13.7. The second kappa shape index (κ2) is 6.91. The first-order valence-corrected chi connectivity index (χ1v) is 8.18. The summed E-state index contributed by atoms with van der Waals surface area (Å²) >= 11 is 0. The van der Waals surface area contributed by atoms with Crippen molar-refractivity contribution < 1.29 is 19.4 Å². The Morgan fingerprint density at radius 3 is 2.79 bits per heavy atom. The lowest BCUT2D eigenvalue weighted by Gasteiger charge is -2.21. The van der Waals surface area contributed by atoms with Crippen LogP contribution in [0.3, 0.4) is 0 Å². The minimum Gasteiger partial charge on any atom is -0.496 e. The van der Waals surface area contributed by atoms with Crippen LogP contribution in [-0.2, 0) is 16.0 Å². The molecular weight excluding hydrogens is 306 g/mol. The predicted octanol–water partition coefficient (Wildman–Crippen LogP) is 2.86. The first-order chi connectivity index (χ1) is 11.6. The summed E-state index contributed by atoms with van der Waals surface area (Å²) in [5.41, 5.74) is 0.995. The second-order valence-corrected chi connectivity index (χ2v) is 6.05. The maximum Gasteiger partial charge on any atom is 0.326 e. The fourth-order valence-electron chi connectivity index (χ4n) is 3.46. The quantitative estimate of drug-likeness (QED) is 0.917. The lowest BCUT2D eigenvalue weighted by atomic mass is 9.99. The van der Waals surface area contributed by atoms with Crippen LogP contribution in [0.25, 0.3) is 10.8 Å². The molecule has 1 N–H and O–H groups in total. The Kier molecular flexibility index (Phi) is 4.69. The number of hydrogen-bond donors (Lipinski definition) is 1. The number of aryl methyl sites for hydroxylation is 1. The van der Waals surface area contributed by atoms with Crippen molar-refractivity contribution in [1.82, 2.24) is 4.90 Å². The number of amides is 1. The van der Waals surface area contributed by atoms with Gasteiger partial charge in [0.05, 0.1) is 7.11 Å². The van der Waals surface area contributed by atoms with Crippen LogP contribution in [0.2, 0.25) is 0 Å². The van der Waals surface area contributed by atoms with Crippen molar-refractivity contribution in [3.05, 3.63) is 42.0 Å². The third-order valence-corrected chi connectivity index (χ3v) is 4.66. The molecule has 0 bridgehead atoms. The minimum absolute atomic E-state index is 0.102. The number of carbonyl (C=O) groups is 2. The summed E-state index contributed by atoms with van der Waals surface area (Å²) in [6.07, 6.45) is 2.11. The van der Waals surface area contributed by atoms with Gasteiger partial charge in [-0.3, -0.25) is 4.79 Å². The van der Waals surface area contributed by atoms with Gasteiger partial charge in [-0.2, -0.15) is 0 Å². The van der Waals surface area contributed by atoms with Crippen molar-refractivity contribution in [2.45, 2.75) is 31.7 Å². The Balaban J connectivity index is 1.80. The third-order valence-electron chi connectivity index (χ3n) is 4.66. The van der Waals surface area contributed by atoms with Crippen LogP contribution < -0.4 is 4.74 Å². The summed E-state index contributed by atoms with van der Waals surface area (Å²) in [4.78, 5) is 25.2. The van der Waals surface area contributed by atoms with Gasteiger partial charge < -0.3 is 14.7 Å². The molecule has 0 aromatic heterocycles. The first kappa shape index (κ1) is 16.3. The molecule has 0 saturated carbocycles. The van der Waals surface area contributed by atoms with Gasteiger partial charge in [0, 0.05) is 18.5 Å². The molecule has 126 valence electrons. The highest BCUT2D eigenvalue weighted by atomic mass is 16.5. The predicted molar refractivity (Wildman–Crippen MR) is 91.2 cm³/mol. The van der Waals surface area contributed by atoms with E-state index in [9.17, 15) is 14.7 Å². The first-order valence-electron chi connectivity index (χ1n) is 8.18. The third kappa shape index (κ3) is 3.07. The van der Waals surface area contributed by atoms with Crippen molar-refractivity contribution >= 4 is 22.6 Å². The summed E-state index contributed by atoms with van der Waals surface area (Å²) in [5, 5.41) is 11.4. The van der Waals surface area contributed by atoms with E-state index in [-0.39, 0.29) is 12.3 Å². The van der Waals surface area contributed by atoms with E-state index in [1.807, 2.05) is 36.4 Å². The van der Waals surface area contributed by atoms with Gasteiger partial charge in [-0.15, -0.1) is 0 Å². The fourth-order valence-corrected chi connectivity index (χ4v) is 3.46. The van der Waals surface area contributed by atoms with Gasteiger partial charge in [0.15, 0.2) is 0 Å². The Morgan fingerprint density at radius 1 is 1.25 bits per heavy atom. The molecule has 3 rings (SSSR count). The molecule has 0 spiro atoms. The van der Waals surface area contributed by atoms with Gasteiger partial charge in [-0.25, -0.2) is 4.79 Å². The zero-order valence-corrected chi connectivity index (χ0v) is 13.7. The molecule has 1 fully saturated rings. The van der Waals surface area contributed by atoms with Gasteiger partial charge in [-0.05, 0) is 36.1 Å². The summed E-state index contributed by atoms with van der Waals surface area (Å²) in [6.45, 7) is 0.530. The zero-order chi connectivity index (χ0) is 17.1. The minimum atomic E-state index is -0.913. The summed E-state index contributed by atoms with van der Waals surface area (Å²) in [5.74, 6) is -0.254. The largest absolute Gasteiger partial charge is 0.496 e. The van der Waals surface area contributed by atoms with Crippen molar-refractivity contribution in [2.75, 3.05) is 13.7 Å². The van der Waals surface area contributed by atoms with Crippen LogP contribution in [0.1, 0.15) is 24.8 Å². The van der Waals surface area contributed by atoms with Gasteiger partial charge in [-0.1, -0.05) is 30.3 Å². The van der Waals surface area contributed by atoms with E-state index >= 15 is 0 Å². The van der Waals surface area contributed by atoms with Crippen molar-refractivity contribution in [3.63, 3.8) is 0 Å². The SMILES string of the molecule is COc1ccc2ccccc2c1CCC(=O)N1CCCC1C(=O)O. The van der Waals surface area contributed by atoms with Crippen LogP contribution in [0.4, 0.5) is 0 Å². The smallest absolute Gasteiger partial charge is 0.326 e. The molecule has 1 aliphatic heterocycles. The van der Waals surface area contributed by atoms with E-state index in [1.54, 1.807) is 7.11 Å².